The molecular formula is C42H39LiN6O4. The van der Waals surface area contributed by atoms with E-state index in [1.807, 2.05) is 115 Å². The van der Waals surface area contributed by atoms with Gasteiger partial charge in [0, 0.05) is 24.8 Å². The molecule has 1 aliphatic rings. The summed E-state index contributed by atoms with van der Waals surface area (Å²) < 4.78 is 7.81. The van der Waals surface area contributed by atoms with Gasteiger partial charge < -0.3 is 25.1 Å². The van der Waals surface area contributed by atoms with E-state index in [0.29, 0.717) is 17.9 Å². The Balaban J connectivity index is 0.00000481. The van der Waals surface area contributed by atoms with Crippen LogP contribution in [0.15, 0.2) is 151 Å². The quantitative estimate of drug-likeness (QED) is 0.155. The fourth-order valence-electron chi connectivity index (χ4n) is 7.32. The summed E-state index contributed by atoms with van der Waals surface area (Å²) in [5.41, 5.74) is 3.51. The third kappa shape index (κ3) is 6.34. The van der Waals surface area contributed by atoms with Crippen LogP contribution in [0.1, 0.15) is 43.9 Å². The van der Waals surface area contributed by atoms with Crippen molar-refractivity contribution in [3.63, 3.8) is 0 Å². The zero-order valence-corrected chi connectivity index (χ0v) is 30.4. The molecule has 262 valence electrons. The van der Waals surface area contributed by atoms with Gasteiger partial charge in [-0.15, -0.1) is 5.10 Å². The number of nitrogens with zero attached hydrogens (tertiary/aromatic N) is 5. The van der Waals surface area contributed by atoms with E-state index >= 15 is 0 Å². The van der Waals surface area contributed by atoms with Crippen LogP contribution in [0.3, 0.4) is 0 Å². The predicted octanol–water partition coefficient (Wildman–Crippen LogP) is 2.70. The molecule has 0 radical (unpaired) electrons. The number of aliphatic hydroxyl groups is 1. The number of carboxylic acid groups (broad SMARTS) is 1. The van der Waals surface area contributed by atoms with Crippen molar-refractivity contribution in [3.8, 4) is 22.5 Å². The van der Waals surface area contributed by atoms with Crippen LogP contribution in [0.25, 0.3) is 22.5 Å². The van der Waals surface area contributed by atoms with Crippen molar-refractivity contribution in [2.24, 2.45) is 0 Å². The molecule has 0 spiro atoms. The van der Waals surface area contributed by atoms with Crippen molar-refractivity contribution in [1.82, 2.24) is 25.5 Å². The first kappa shape index (κ1) is 37.3. The topological polar surface area (TPSA) is 128 Å². The Morgan fingerprint density at radius 2 is 1.28 bits per heavy atom. The van der Waals surface area contributed by atoms with Gasteiger partial charge in [0.05, 0.1) is 17.4 Å². The first-order chi connectivity index (χ1) is 25.2. The molecule has 2 heterocycles. The number of carbonyl (C=O) groups is 1. The van der Waals surface area contributed by atoms with Crippen LogP contribution < -0.4 is 34.2 Å². The first-order valence-electron chi connectivity index (χ1n) is 17.1. The number of aliphatic carboxylic acids is 1. The number of rotatable bonds is 11. The van der Waals surface area contributed by atoms with E-state index in [4.69, 9.17) is 9.95 Å². The van der Waals surface area contributed by atoms with E-state index in [9.17, 15) is 15.0 Å². The zero-order chi connectivity index (χ0) is 36.5. The van der Waals surface area contributed by atoms with Crippen LogP contribution in [0.4, 0.5) is 5.69 Å². The van der Waals surface area contributed by atoms with E-state index in [2.05, 4.69) is 52.0 Å². The van der Waals surface area contributed by atoms with Crippen LogP contribution in [0.5, 0.6) is 0 Å². The number of nitrogens with one attached hydrogen (secondary N) is 1. The van der Waals surface area contributed by atoms with E-state index < -0.39 is 23.0 Å². The third-order valence-electron chi connectivity index (χ3n) is 9.73. The summed E-state index contributed by atoms with van der Waals surface area (Å²) in [6, 6.07) is 46.1. The molecule has 6 aromatic rings. The summed E-state index contributed by atoms with van der Waals surface area (Å²) in [7, 11) is 1.50. The Hall–Kier alpha value is -5.50. The molecule has 0 amide bonds. The van der Waals surface area contributed by atoms with Crippen LogP contribution in [0, 0.1) is 0 Å². The van der Waals surface area contributed by atoms with Crippen molar-refractivity contribution >= 4 is 11.7 Å². The molecule has 1 aliphatic heterocycles. The summed E-state index contributed by atoms with van der Waals surface area (Å²) in [5, 5.41) is 40.3. The second-order valence-corrected chi connectivity index (χ2v) is 13.2. The van der Waals surface area contributed by atoms with Gasteiger partial charge in [0.1, 0.15) is 11.1 Å². The maximum Gasteiger partial charge on any atom is 1.00 e. The standard InChI is InChI=1S/C42H40N6O4.Li/c1-5-41(52-4)43-37(40(2,3)51)36(39(49)50)47(41)33-27-25-29(26-28-33)34-23-15-16-24-35(34)38-44-45-46-48(38)42(30-17-9-6-10-18-30,31-19-11-7-12-20-31)32-21-13-8-14-22-32;/h6-28,43,51H,5H2,1-4H3,(H,49,50);/q;+1/p-1. The average Bonchev–Trinajstić information content (AvgIpc) is 3.81. The molecule has 53 heavy (non-hydrogen) atoms. The third-order valence-corrected chi connectivity index (χ3v) is 9.73. The Kier molecular flexibility index (Phi) is 10.4. The van der Waals surface area contributed by atoms with Gasteiger partial charge in [-0.1, -0.05) is 134 Å². The number of carboxylic acids is 1. The molecular weight excluding hydrogens is 659 g/mol. The number of benzene rings is 5. The monoisotopic (exact) mass is 698 g/mol. The number of aromatic nitrogens is 4. The fourth-order valence-corrected chi connectivity index (χ4v) is 7.32. The predicted molar refractivity (Wildman–Crippen MR) is 197 cm³/mol. The molecule has 0 saturated carbocycles. The number of tetrazole rings is 1. The van der Waals surface area contributed by atoms with E-state index in [1.165, 1.54) is 21.0 Å². The number of hydrogen-bond acceptors (Lipinski definition) is 9. The molecule has 0 saturated heterocycles. The molecule has 10 nitrogen and oxygen atoms in total. The molecule has 1 unspecified atom stereocenters. The van der Waals surface area contributed by atoms with Crippen LogP contribution in [0.2, 0.25) is 0 Å². The SMILES string of the molecule is CCC1(OC)NC(C(C)(C)O)=C(C(=O)[O-])N1c1ccc(-c2ccccc2-c2nnnn2C(c2ccccc2)(c2ccccc2)c2ccccc2)cc1.[Li+]. The summed E-state index contributed by atoms with van der Waals surface area (Å²) in [5.74, 6) is -2.14. The van der Waals surface area contributed by atoms with Gasteiger partial charge in [-0.3, -0.25) is 4.90 Å². The van der Waals surface area contributed by atoms with Crippen molar-refractivity contribution in [3.05, 3.63) is 168 Å². The second kappa shape index (κ2) is 14.9. The van der Waals surface area contributed by atoms with Crippen molar-refractivity contribution in [2.45, 2.75) is 44.2 Å². The Bertz CT molecular complexity index is 2120. The number of methoxy groups -OCH3 is 1. The molecule has 7 rings (SSSR count). The minimum Gasteiger partial charge on any atom is -0.543 e. The molecule has 0 bridgehead atoms. The summed E-state index contributed by atoms with van der Waals surface area (Å²) in [4.78, 5) is 14.1. The maximum absolute atomic E-state index is 12.6. The van der Waals surface area contributed by atoms with Crippen molar-refractivity contribution in [2.75, 3.05) is 12.0 Å². The molecule has 0 fully saturated rings. The Labute approximate surface area is 320 Å². The van der Waals surface area contributed by atoms with E-state index in [1.54, 1.807) is 4.90 Å². The number of anilines is 1. The van der Waals surface area contributed by atoms with Crippen molar-refractivity contribution < 1.29 is 38.6 Å². The molecule has 5 aromatic carbocycles. The van der Waals surface area contributed by atoms with Gasteiger partial charge in [-0.05, 0) is 64.2 Å². The zero-order valence-electron chi connectivity index (χ0n) is 30.4. The second-order valence-electron chi connectivity index (χ2n) is 13.2. The van der Waals surface area contributed by atoms with Gasteiger partial charge in [0.25, 0.3) is 0 Å². The average molecular weight is 699 g/mol. The molecule has 1 atom stereocenters. The summed E-state index contributed by atoms with van der Waals surface area (Å²) in [6.07, 6.45) is 0.360. The first-order valence-corrected chi connectivity index (χ1v) is 17.1. The van der Waals surface area contributed by atoms with E-state index in [-0.39, 0.29) is 30.3 Å². The van der Waals surface area contributed by atoms with Crippen molar-refractivity contribution in [1.29, 1.82) is 0 Å². The molecule has 1 aromatic heterocycles. The Morgan fingerprint density at radius 1 is 0.792 bits per heavy atom. The number of ether oxygens (including phenoxy) is 1. The molecule has 11 heteroatoms. The van der Waals surface area contributed by atoms with Gasteiger partial charge in [0.2, 0.25) is 5.85 Å². The van der Waals surface area contributed by atoms with Crippen LogP contribution >= 0.6 is 0 Å². The van der Waals surface area contributed by atoms with Gasteiger partial charge in [-0.2, -0.15) is 0 Å². The minimum atomic E-state index is -1.50. The normalized spacial score (nSPS) is 15.9. The largest absolute Gasteiger partial charge is 1.00 e. The maximum atomic E-state index is 12.6. The van der Waals surface area contributed by atoms with Gasteiger partial charge in [0.15, 0.2) is 5.82 Å². The van der Waals surface area contributed by atoms with Crippen LogP contribution in [-0.4, -0.2) is 49.8 Å². The van der Waals surface area contributed by atoms with Gasteiger partial charge in [-0.25, -0.2) is 4.68 Å². The Morgan fingerprint density at radius 3 is 1.74 bits per heavy atom. The fraction of sp³-hybridized carbons (Fsp3) is 0.190. The molecule has 0 aliphatic carbocycles. The summed E-state index contributed by atoms with van der Waals surface area (Å²) >= 11 is 0. The summed E-state index contributed by atoms with van der Waals surface area (Å²) in [6.45, 7) is 4.92. The molecule has 2 N–H and O–H groups in total. The van der Waals surface area contributed by atoms with Crippen LogP contribution in [-0.2, 0) is 15.1 Å². The smallest absolute Gasteiger partial charge is 0.543 e. The number of hydrogen-bond donors (Lipinski definition) is 2. The van der Waals surface area contributed by atoms with E-state index in [0.717, 1.165) is 33.4 Å². The number of carbonyl (C=O) groups excluding carboxylic acids is 1. The minimum absolute atomic E-state index is 0. The van der Waals surface area contributed by atoms with Gasteiger partial charge >= 0.3 is 18.9 Å².